The Kier molecular flexibility index (Phi) is 6.62. The largest absolute Gasteiger partial charge is 0.546 e. The van der Waals surface area contributed by atoms with E-state index in [1.54, 1.807) is 0 Å². The molecule has 1 aromatic rings. The second kappa shape index (κ2) is 8.03. The molecule has 0 aliphatic heterocycles. The second-order valence-electron chi connectivity index (χ2n) is 8.79. The molecular formula is C20H32ClNO3Si. The molecule has 146 valence electrons. The van der Waals surface area contributed by atoms with Crippen molar-refractivity contribution in [1.82, 2.24) is 5.32 Å². The molecule has 0 spiro atoms. The van der Waals surface area contributed by atoms with Gasteiger partial charge in [0.1, 0.15) is 11.3 Å². The Balaban J connectivity index is 2.49. The van der Waals surface area contributed by atoms with E-state index in [9.17, 15) is 5.11 Å². The first-order valence-electron chi connectivity index (χ1n) is 9.21. The molecule has 2 N–H and O–H groups in total. The molecule has 2 atom stereocenters. The summed E-state index contributed by atoms with van der Waals surface area (Å²) in [4.78, 5) is 0. The number of ether oxygens (including phenoxy) is 1. The highest BCUT2D eigenvalue weighted by Gasteiger charge is 2.44. The fraction of sp³-hybridized carbons (Fsp3) is 0.600. The quantitative estimate of drug-likeness (QED) is 0.515. The normalized spacial score (nSPS) is 22.7. The van der Waals surface area contributed by atoms with Gasteiger partial charge in [0.25, 0.3) is 0 Å². The molecule has 1 aliphatic rings. The zero-order valence-corrected chi connectivity index (χ0v) is 18.5. The van der Waals surface area contributed by atoms with Gasteiger partial charge < -0.3 is 14.3 Å². The first-order valence-corrected chi connectivity index (χ1v) is 13.0. The minimum Gasteiger partial charge on any atom is -0.546 e. The molecule has 0 radical (unpaired) electrons. The van der Waals surface area contributed by atoms with E-state index in [2.05, 4.69) is 31.0 Å². The van der Waals surface area contributed by atoms with Gasteiger partial charge in [-0.25, -0.2) is 0 Å². The number of allylic oxidation sites excluding steroid dienone is 1. The van der Waals surface area contributed by atoms with Gasteiger partial charge in [0.05, 0.1) is 5.60 Å². The summed E-state index contributed by atoms with van der Waals surface area (Å²) in [6.07, 6.45) is 3.68. The van der Waals surface area contributed by atoms with E-state index in [-0.39, 0.29) is 0 Å². The number of aliphatic hydroxyl groups excluding tert-OH is 1. The fourth-order valence-electron chi connectivity index (χ4n) is 3.23. The summed E-state index contributed by atoms with van der Waals surface area (Å²) in [6, 6.07) is 7.74. The van der Waals surface area contributed by atoms with Gasteiger partial charge >= 0.3 is 0 Å². The maximum Gasteiger partial charge on any atom is 0.241 e. The van der Waals surface area contributed by atoms with Crippen LogP contribution in [-0.4, -0.2) is 25.4 Å². The Labute approximate surface area is 163 Å². The molecule has 1 aliphatic carbocycles. The van der Waals surface area contributed by atoms with E-state index in [0.29, 0.717) is 5.02 Å². The topological polar surface area (TPSA) is 50.7 Å². The number of rotatable bonds is 6. The van der Waals surface area contributed by atoms with Crippen molar-refractivity contribution in [2.75, 3.05) is 0 Å². The first kappa shape index (κ1) is 21.4. The predicted molar refractivity (Wildman–Crippen MR) is 109 cm³/mol. The van der Waals surface area contributed by atoms with Crippen LogP contribution in [0.15, 0.2) is 36.1 Å². The Morgan fingerprint density at radius 1 is 1.23 bits per heavy atom. The van der Waals surface area contributed by atoms with Crippen LogP contribution >= 0.6 is 11.6 Å². The van der Waals surface area contributed by atoms with Gasteiger partial charge in [0, 0.05) is 5.02 Å². The van der Waals surface area contributed by atoms with E-state index >= 15 is 0 Å². The minimum absolute atomic E-state index is 0.480. The van der Waals surface area contributed by atoms with Gasteiger partial charge in [-0.15, -0.1) is 0 Å². The highest BCUT2D eigenvalue weighted by molar-refractivity contribution is 6.70. The molecule has 0 saturated heterocycles. The van der Waals surface area contributed by atoms with Crippen molar-refractivity contribution in [1.29, 1.82) is 0 Å². The molecule has 26 heavy (non-hydrogen) atoms. The third-order valence-electron chi connectivity index (χ3n) is 4.09. The van der Waals surface area contributed by atoms with Gasteiger partial charge in [0.15, 0.2) is 0 Å². The number of halogens is 1. The van der Waals surface area contributed by atoms with Crippen molar-refractivity contribution < 1.29 is 14.3 Å². The molecule has 0 fully saturated rings. The summed E-state index contributed by atoms with van der Waals surface area (Å²) in [6.45, 7) is 12.2. The lowest BCUT2D eigenvalue weighted by Crippen LogP contribution is -2.54. The van der Waals surface area contributed by atoms with Crippen LogP contribution in [0.25, 0.3) is 0 Å². The molecular weight excluding hydrogens is 366 g/mol. The number of benzene rings is 1. The highest BCUT2D eigenvalue weighted by Crippen LogP contribution is 2.43. The van der Waals surface area contributed by atoms with Crippen LogP contribution < -0.4 is 5.32 Å². The van der Waals surface area contributed by atoms with Crippen molar-refractivity contribution in [2.45, 2.75) is 77.2 Å². The van der Waals surface area contributed by atoms with E-state index in [0.717, 1.165) is 30.6 Å². The van der Waals surface area contributed by atoms with Gasteiger partial charge in [-0.3, -0.25) is 5.32 Å². The predicted octanol–water partition coefficient (Wildman–Crippen LogP) is 5.14. The molecule has 0 aromatic heterocycles. The van der Waals surface area contributed by atoms with Crippen LogP contribution in [0.4, 0.5) is 0 Å². The number of hydrogen-bond donors (Lipinski definition) is 2. The summed E-state index contributed by atoms with van der Waals surface area (Å²) in [5.74, 6) is 0.840. The van der Waals surface area contributed by atoms with Crippen LogP contribution in [0, 0.1) is 0 Å². The molecule has 0 amide bonds. The summed E-state index contributed by atoms with van der Waals surface area (Å²) in [7, 11) is -1.86. The maximum atomic E-state index is 10.6. The zero-order valence-electron chi connectivity index (χ0n) is 16.7. The van der Waals surface area contributed by atoms with Crippen molar-refractivity contribution >= 4 is 19.9 Å². The molecule has 0 bridgehead atoms. The fourth-order valence-corrected chi connectivity index (χ4v) is 4.44. The van der Waals surface area contributed by atoms with E-state index < -0.39 is 25.9 Å². The third-order valence-corrected chi connectivity index (χ3v) is 5.25. The summed E-state index contributed by atoms with van der Waals surface area (Å²) >= 11 is 6.57. The minimum atomic E-state index is -1.86. The SMILES string of the molecule is CC(C)(C)OC(O)N[C@@]1(c2ccccc2Cl)CCCC=C1O[Si](C)(C)C. The van der Waals surface area contributed by atoms with Gasteiger partial charge in [-0.1, -0.05) is 29.8 Å². The van der Waals surface area contributed by atoms with E-state index in [1.807, 2.05) is 45.0 Å². The number of nitrogens with one attached hydrogen (secondary N) is 1. The van der Waals surface area contributed by atoms with E-state index in [4.69, 9.17) is 20.8 Å². The number of hydrogen-bond acceptors (Lipinski definition) is 4. The maximum absolute atomic E-state index is 10.6. The average Bonchev–Trinajstić information content (AvgIpc) is 2.46. The average molecular weight is 398 g/mol. The lowest BCUT2D eigenvalue weighted by Gasteiger charge is -2.44. The monoisotopic (exact) mass is 397 g/mol. The molecule has 4 nitrogen and oxygen atoms in total. The molecule has 0 heterocycles. The number of aliphatic hydroxyl groups is 1. The van der Waals surface area contributed by atoms with Crippen molar-refractivity contribution in [2.24, 2.45) is 0 Å². The van der Waals surface area contributed by atoms with Gasteiger partial charge in [0.2, 0.25) is 14.7 Å². The summed E-state index contributed by atoms with van der Waals surface area (Å²) in [5, 5.41) is 14.6. The van der Waals surface area contributed by atoms with E-state index in [1.165, 1.54) is 0 Å². The smallest absolute Gasteiger partial charge is 0.241 e. The molecule has 1 unspecified atom stereocenters. The Hall–Kier alpha value is -0.853. The second-order valence-corrected chi connectivity index (χ2v) is 13.6. The van der Waals surface area contributed by atoms with Gasteiger partial charge in [-0.2, -0.15) is 0 Å². The molecule has 0 saturated carbocycles. The van der Waals surface area contributed by atoms with Crippen molar-refractivity contribution in [3.63, 3.8) is 0 Å². The molecule has 2 rings (SSSR count). The van der Waals surface area contributed by atoms with Crippen molar-refractivity contribution in [3.05, 3.63) is 46.7 Å². The zero-order chi connectivity index (χ0) is 19.6. The Bertz CT molecular complexity index is 651. The van der Waals surface area contributed by atoms with Crippen LogP contribution in [-0.2, 0) is 14.7 Å². The van der Waals surface area contributed by atoms with Crippen LogP contribution in [0.2, 0.25) is 24.7 Å². The van der Waals surface area contributed by atoms with Crippen LogP contribution in [0.3, 0.4) is 0 Å². The summed E-state index contributed by atoms with van der Waals surface area (Å²) in [5.41, 5.74) is -0.282. The highest BCUT2D eigenvalue weighted by atomic mass is 35.5. The Morgan fingerprint density at radius 2 is 1.88 bits per heavy atom. The van der Waals surface area contributed by atoms with Crippen LogP contribution in [0.1, 0.15) is 45.6 Å². The first-order chi connectivity index (χ1) is 11.9. The lowest BCUT2D eigenvalue weighted by molar-refractivity contribution is -0.193. The third kappa shape index (κ3) is 5.57. The van der Waals surface area contributed by atoms with Gasteiger partial charge in [-0.05, 0) is 77.4 Å². The molecule has 1 aromatic carbocycles. The lowest BCUT2D eigenvalue weighted by atomic mass is 9.79. The molecule has 6 heteroatoms. The standard InChI is InChI=1S/C20H32ClNO3Si/c1-19(2,3)24-18(23)22-20(15-11-7-8-12-16(15)21)14-10-9-13-17(20)25-26(4,5)6/h7-8,11-13,18,22-23H,9-10,14H2,1-6H3/t18?,20-/m1/s1. The van der Waals surface area contributed by atoms with Crippen molar-refractivity contribution in [3.8, 4) is 0 Å². The Morgan fingerprint density at radius 3 is 2.46 bits per heavy atom. The summed E-state index contributed by atoms with van der Waals surface area (Å²) < 4.78 is 12.2. The van der Waals surface area contributed by atoms with Crippen LogP contribution in [0.5, 0.6) is 0 Å².